The fraction of sp³-hybridized carbons (Fsp3) is 0.467. The molecular weight excluding hydrogens is 590 g/mol. The molecule has 3 fully saturated rings. The van der Waals surface area contributed by atoms with Crippen LogP contribution in [0.15, 0.2) is 53.6 Å². The van der Waals surface area contributed by atoms with E-state index in [-0.39, 0.29) is 15.7 Å². The van der Waals surface area contributed by atoms with Gasteiger partial charge in [-0.25, -0.2) is 18.1 Å². The van der Waals surface area contributed by atoms with Crippen molar-refractivity contribution in [2.75, 3.05) is 68.6 Å². The van der Waals surface area contributed by atoms with E-state index in [0.29, 0.717) is 30.2 Å². The Kier molecular flexibility index (Phi) is 9.20. The molecule has 0 radical (unpaired) electrons. The molecule has 1 saturated carbocycles. The SMILES string of the molecule is CNS(=O)(=O)c1ccccc1Nc1nc(Nc2ccc(N3CCC(N4CCOCC4)CC3)cc2OCC2CC2)ncc1Cl. The van der Waals surface area contributed by atoms with Crippen LogP contribution in [-0.2, 0) is 14.8 Å². The Labute approximate surface area is 258 Å². The van der Waals surface area contributed by atoms with Gasteiger partial charge in [0.15, 0.2) is 5.82 Å². The van der Waals surface area contributed by atoms with Crippen molar-refractivity contribution in [1.29, 1.82) is 0 Å². The number of hydrogen-bond donors (Lipinski definition) is 3. The molecule has 3 aromatic rings. The first kappa shape index (κ1) is 29.9. The van der Waals surface area contributed by atoms with E-state index >= 15 is 0 Å². The predicted octanol–water partition coefficient (Wildman–Crippen LogP) is 4.62. The number of rotatable bonds is 11. The number of hydrogen-bond acceptors (Lipinski definition) is 10. The molecule has 0 amide bonds. The van der Waals surface area contributed by atoms with Crippen molar-refractivity contribution in [1.82, 2.24) is 19.6 Å². The topological polar surface area (TPSA) is 121 Å². The highest BCUT2D eigenvalue weighted by atomic mass is 35.5. The van der Waals surface area contributed by atoms with Gasteiger partial charge in [-0.3, -0.25) is 4.90 Å². The van der Waals surface area contributed by atoms with E-state index in [1.165, 1.54) is 32.2 Å². The van der Waals surface area contributed by atoms with E-state index in [2.05, 4.69) is 47.3 Å². The number of piperidine rings is 1. The van der Waals surface area contributed by atoms with Crippen molar-refractivity contribution in [3.8, 4) is 5.75 Å². The van der Waals surface area contributed by atoms with Gasteiger partial charge in [-0.2, -0.15) is 4.98 Å². The standard InChI is InChI=1S/C30H38ClN7O4S/c1-32-43(39,40)28-5-3-2-4-26(28)34-29-24(31)19-33-30(36-29)35-25-9-8-23(18-27(25)42-20-21-6-7-21)37-12-10-22(11-13-37)38-14-16-41-17-15-38/h2-5,8-9,18-19,21-22,32H,6-7,10-17,20H2,1H3,(H2,33,34,35,36). The third-order valence-corrected chi connectivity index (χ3v) is 9.97. The lowest BCUT2D eigenvalue weighted by molar-refractivity contribution is 0.0115. The maximum atomic E-state index is 12.5. The molecule has 0 bridgehead atoms. The minimum absolute atomic E-state index is 0.0852. The summed E-state index contributed by atoms with van der Waals surface area (Å²) in [5, 5.41) is 6.60. The second kappa shape index (κ2) is 13.2. The fourth-order valence-corrected chi connectivity index (χ4v) is 6.56. The summed E-state index contributed by atoms with van der Waals surface area (Å²) in [7, 11) is -2.33. The van der Waals surface area contributed by atoms with Gasteiger partial charge in [-0.1, -0.05) is 23.7 Å². The van der Waals surface area contributed by atoms with E-state index in [0.717, 1.165) is 69.4 Å². The van der Waals surface area contributed by atoms with Crippen molar-refractivity contribution in [3.05, 3.63) is 53.7 Å². The van der Waals surface area contributed by atoms with Crippen LogP contribution in [0.5, 0.6) is 5.75 Å². The molecule has 230 valence electrons. The first-order valence-electron chi connectivity index (χ1n) is 14.8. The van der Waals surface area contributed by atoms with Crippen LogP contribution in [0.2, 0.25) is 5.02 Å². The number of ether oxygens (including phenoxy) is 2. The zero-order valence-corrected chi connectivity index (χ0v) is 25.8. The molecule has 3 heterocycles. The summed E-state index contributed by atoms with van der Waals surface area (Å²) >= 11 is 6.42. The Bertz CT molecular complexity index is 1520. The van der Waals surface area contributed by atoms with E-state index in [4.69, 9.17) is 21.1 Å². The Morgan fingerprint density at radius 3 is 2.51 bits per heavy atom. The molecule has 1 aromatic heterocycles. The molecule has 0 unspecified atom stereocenters. The first-order chi connectivity index (χ1) is 20.9. The lowest BCUT2D eigenvalue weighted by Crippen LogP contribution is -2.49. The van der Waals surface area contributed by atoms with Gasteiger partial charge in [0.1, 0.15) is 15.7 Å². The highest BCUT2D eigenvalue weighted by Gasteiger charge is 2.27. The minimum Gasteiger partial charge on any atom is -0.491 e. The van der Waals surface area contributed by atoms with Gasteiger partial charge < -0.3 is 25.0 Å². The Morgan fingerprint density at radius 2 is 1.77 bits per heavy atom. The molecule has 0 spiro atoms. The van der Waals surface area contributed by atoms with Crippen LogP contribution in [0.3, 0.4) is 0 Å². The minimum atomic E-state index is -3.70. The number of sulfonamides is 1. The van der Waals surface area contributed by atoms with Gasteiger partial charge >= 0.3 is 0 Å². The molecule has 1 aliphatic carbocycles. The number of anilines is 5. The average Bonchev–Trinajstić information content (AvgIpc) is 3.88. The molecule has 2 saturated heterocycles. The van der Waals surface area contributed by atoms with E-state index < -0.39 is 10.0 Å². The van der Waals surface area contributed by atoms with Crippen molar-refractivity contribution >= 4 is 50.5 Å². The van der Waals surface area contributed by atoms with E-state index in [1.54, 1.807) is 18.2 Å². The molecule has 2 aliphatic heterocycles. The summed E-state index contributed by atoms with van der Waals surface area (Å²) in [6.07, 6.45) is 6.12. The van der Waals surface area contributed by atoms with E-state index in [9.17, 15) is 8.42 Å². The second-order valence-corrected chi connectivity index (χ2v) is 13.4. The summed E-state index contributed by atoms with van der Waals surface area (Å²) in [5.74, 6) is 1.92. The quantitative estimate of drug-likeness (QED) is 0.278. The molecule has 3 aliphatic rings. The smallest absolute Gasteiger partial charge is 0.242 e. The molecule has 11 nitrogen and oxygen atoms in total. The van der Waals surface area contributed by atoms with Crippen molar-refractivity contribution in [3.63, 3.8) is 0 Å². The van der Waals surface area contributed by atoms with Gasteiger partial charge in [0, 0.05) is 44.0 Å². The summed E-state index contributed by atoms with van der Waals surface area (Å²) in [6, 6.07) is 13.4. The molecule has 6 rings (SSSR count). The van der Waals surface area contributed by atoms with Crippen molar-refractivity contribution in [2.45, 2.75) is 36.6 Å². The normalized spacial score (nSPS) is 18.4. The van der Waals surface area contributed by atoms with Crippen LogP contribution >= 0.6 is 11.6 Å². The fourth-order valence-electron chi connectivity index (χ4n) is 5.53. The number of para-hydroxylation sites is 1. The third kappa shape index (κ3) is 7.32. The molecule has 2 aromatic carbocycles. The number of nitrogens with zero attached hydrogens (tertiary/aromatic N) is 4. The van der Waals surface area contributed by atoms with Gasteiger partial charge in [0.2, 0.25) is 16.0 Å². The lowest BCUT2D eigenvalue weighted by atomic mass is 10.0. The van der Waals surface area contributed by atoms with Crippen LogP contribution in [0, 0.1) is 5.92 Å². The summed E-state index contributed by atoms with van der Waals surface area (Å²) in [6.45, 7) is 6.37. The summed E-state index contributed by atoms with van der Waals surface area (Å²) in [5.41, 5.74) is 2.23. The zero-order chi connectivity index (χ0) is 29.8. The van der Waals surface area contributed by atoms with Gasteiger partial charge in [0.25, 0.3) is 0 Å². The maximum absolute atomic E-state index is 12.5. The third-order valence-electron chi connectivity index (χ3n) is 8.22. The summed E-state index contributed by atoms with van der Waals surface area (Å²) < 4.78 is 39.3. The number of benzene rings is 2. The molecule has 13 heteroatoms. The number of nitrogens with one attached hydrogen (secondary N) is 3. The first-order valence-corrected chi connectivity index (χ1v) is 16.7. The van der Waals surface area contributed by atoms with Gasteiger partial charge in [-0.05, 0) is 62.9 Å². The van der Waals surface area contributed by atoms with Crippen LogP contribution in [0.1, 0.15) is 25.7 Å². The predicted molar refractivity (Wildman–Crippen MR) is 169 cm³/mol. The number of aromatic nitrogens is 2. The molecule has 0 atom stereocenters. The van der Waals surface area contributed by atoms with Crippen LogP contribution in [0.4, 0.5) is 28.8 Å². The van der Waals surface area contributed by atoms with Gasteiger partial charge in [0.05, 0.1) is 37.4 Å². The number of halogens is 1. The van der Waals surface area contributed by atoms with Crippen LogP contribution < -0.4 is 25.0 Å². The highest BCUT2D eigenvalue weighted by Crippen LogP contribution is 2.37. The van der Waals surface area contributed by atoms with Crippen molar-refractivity contribution < 1.29 is 17.9 Å². The Hall–Kier alpha value is -3.16. The Balaban J connectivity index is 1.19. The molecular formula is C30H38ClN7O4S. The second-order valence-electron chi connectivity index (χ2n) is 11.1. The zero-order valence-electron chi connectivity index (χ0n) is 24.3. The highest BCUT2D eigenvalue weighted by molar-refractivity contribution is 7.89. The van der Waals surface area contributed by atoms with Crippen LogP contribution in [-0.4, -0.2) is 82.4 Å². The monoisotopic (exact) mass is 627 g/mol. The largest absolute Gasteiger partial charge is 0.491 e. The number of morpholine rings is 1. The molecule has 3 N–H and O–H groups in total. The lowest BCUT2D eigenvalue weighted by Gasteiger charge is -2.41. The Morgan fingerprint density at radius 1 is 1.00 bits per heavy atom. The van der Waals surface area contributed by atoms with Crippen molar-refractivity contribution in [2.24, 2.45) is 5.92 Å². The van der Waals surface area contributed by atoms with Gasteiger partial charge in [-0.15, -0.1) is 0 Å². The summed E-state index contributed by atoms with van der Waals surface area (Å²) in [4.78, 5) is 14.0. The average molecular weight is 628 g/mol. The maximum Gasteiger partial charge on any atom is 0.242 e. The molecule has 43 heavy (non-hydrogen) atoms. The van der Waals surface area contributed by atoms with Crippen LogP contribution in [0.25, 0.3) is 0 Å². The van der Waals surface area contributed by atoms with E-state index in [1.807, 2.05) is 6.07 Å².